The van der Waals surface area contributed by atoms with Crippen molar-refractivity contribution in [1.82, 2.24) is 5.43 Å². The van der Waals surface area contributed by atoms with Crippen molar-refractivity contribution >= 4 is 27.9 Å². The molecule has 0 aromatic heterocycles. The van der Waals surface area contributed by atoms with Crippen molar-refractivity contribution in [3.8, 4) is 5.75 Å². The minimum absolute atomic E-state index is 0.323. The van der Waals surface area contributed by atoms with E-state index in [-0.39, 0.29) is 5.91 Å². The monoisotopic (exact) mass is 262 g/mol. The van der Waals surface area contributed by atoms with Crippen LogP contribution in [0, 0.1) is 0 Å². The van der Waals surface area contributed by atoms with Gasteiger partial charge in [-0.15, -0.1) is 10.5 Å². The molecule has 0 fully saturated rings. The second-order valence-corrected chi connectivity index (χ2v) is 4.52. The van der Waals surface area contributed by atoms with E-state index in [1.807, 2.05) is 6.92 Å². The maximum Gasteiger partial charge on any atom is 0.279 e. The lowest BCUT2D eigenvalue weighted by atomic mass is 10.2. The van der Waals surface area contributed by atoms with Gasteiger partial charge in [-0.2, -0.15) is 4.99 Å². The molecule has 1 amide bonds. The molecule has 0 N–H and O–H groups in total. The Hall–Kier alpha value is -1.82. The zero-order valence-corrected chi connectivity index (χ0v) is 10.9. The Morgan fingerprint density at radius 2 is 2.11 bits per heavy atom. The quantitative estimate of drug-likeness (QED) is 0.839. The average molecular weight is 262 g/mol. The lowest BCUT2D eigenvalue weighted by Crippen LogP contribution is -2.05. The zero-order valence-electron chi connectivity index (χ0n) is 10.1. The highest BCUT2D eigenvalue weighted by molar-refractivity contribution is 8.26. The van der Waals surface area contributed by atoms with Crippen molar-refractivity contribution in [3.63, 3.8) is 0 Å². The van der Waals surface area contributed by atoms with Gasteiger partial charge in [0, 0.05) is 5.56 Å². The number of rotatable bonds is 3. The first-order chi connectivity index (χ1) is 8.72. The van der Waals surface area contributed by atoms with E-state index in [1.165, 1.54) is 11.8 Å². The molecule has 1 aromatic carbocycles. The Bertz CT molecular complexity index is 509. The van der Waals surface area contributed by atoms with Crippen LogP contribution >= 0.6 is 11.8 Å². The van der Waals surface area contributed by atoms with Crippen LogP contribution in [0.5, 0.6) is 5.75 Å². The molecule has 0 atom stereocenters. The molecule has 0 spiro atoms. The molecule has 0 saturated heterocycles. The van der Waals surface area contributed by atoms with Crippen LogP contribution in [0.25, 0.3) is 0 Å². The van der Waals surface area contributed by atoms with Gasteiger partial charge in [-0.3, -0.25) is 4.79 Å². The number of amides is 1. The summed E-state index contributed by atoms with van der Waals surface area (Å²) in [5.41, 5.74) is 4.35. The van der Waals surface area contributed by atoms with Crippen LogP contribution in [0.3, 0.4) is 0 Å². The number of ether oxygens (including phenoxy) is 1. The molecule has 0 bridgehead atoms. The fourth-order valence-corrected chi connectivity index (χ4v) is 1.96. The van der Waals surface area contributed by atoms with Gasteiger partial charge in [0.25, 0.3) is 5.91 Å². The van der Waals surface area contributed by atoms with Gasteiger partial charge in [0.2, 0.25) is 5.17 Å². The van der Waals surface area contributed by atoms with Crippen molar-refractivity contribution in [1.29, 1.82) is 0 Å². The van der Waals surface area contributed by atoms with E-state index in [0.29, 0.717) is 16.5 Å². The summed E-state index contributed by atoms with van der Waals surface area (Å²) >= 11 is 1.33. The Balaban J connectivity index is 2.06. The van der Waals surface area contributed by atoms with E-state index < -0.39 is 0 Å². The number of carbonyl (C=O) groups excluding carboxylic acids is 1. The van der Waals surface area contributed by atoms with Crippen LogP contribution in [0.15, 0.2) is 34.4 Å². The summed E-state index contributed by atoms with van der Waals surface area (Å²) < 4.78 is 5.02. The number of thioether (sulfide) groups is 1. The SMILES string of the molecule is CCC1=N[N]C(=NC(=O)c2ccc(OC)cc2)S1. The van der Waals surface area contributed by atoms with Crippen LogP contribution < -0.4 is 10.2 Å². The van der Waals surface area contributed by atoms with Gasteiger partial charge >= 0.3 is 0 Å². The average Bonchev–Trinajstić information content (AvgIpc) is 2.86. The molecule has 1 aliphatic rings. The van der Waals surface area contributed by atoms with Crippen molar-refractivity contribution < 1.29 is 9.53 Å². The second kappa shape index (κ2) is 5.68. The summed E-state index contributed by atoms with van der Waals surface area (Å²) in [5, 5.41) is 5.18. The number of amidine groups is 1. The van der Waals surface area contributed by atoms with Gasteiger partial charge in [-0.25, -0.2) is 0 Å². The maximum absolute atomic E-state index is 11.8. The Labute approximate surface area is 109 Å². The van der Waals surface area contributed by atoms with Crippen LogP contribution in [-0.4, -0.2) is 23.2 Å². The van der Waals surface area contributed by atoms with E-state index in [2.05, 4.69) is 15.5 Å². The number of carbonyl (C=O) groups is 1. The van der Waals surface area contributed by atoms with Crippen molar-refractivity contribution in [3.05, 3.63) is 29.8 Å². The molecule has 6 heteroatoms. The first kappa shape index (κ1) is 12.6. The molecule has 1 aromatic rings. The number of hydrogen-bond donors (Lipinski definition) is 0. The van der Waals surface area contributed by atoms with E-state index >= 15 is 0 Å². The zero-order chi connectivity index (χ0) is 13.0. The Morgan fingerprint density at radius 1 is 1.39 bits per heavy atom. The summed E-state index contributed by atoms with van der Waals surface area (Å²) in [7, 11) is 1.58. The third kappa shape index (κ3) is 2.89. The predicted molar refractivity (Wildman–Crippen MR) is 72.2 cm³/mol. The highest BCUT2D eigenvalue weighted by atomic mass is 32.2. The third-order valence-corrected chi connectivity index (χ3v) is 3.25. The van der Waals surface area contributed by atoms with E-state index in [1.54, 1.807) is 31.4 Å². The van der Waals surface area contributed by atoms with E-state index in [0.717, 1.165) is 11.5 Å². The van der Waals surface area contributed by atoms with Crippen LogP contribution in [0.1, 0.15) is 23.7 Å². The topological polar surface area (TPSA) is 65.1 Å². The van der Waals surface area contributed by atoms with Crippen LogP contribution in [0.2, 0.25) is 0 Å². The first-order valence-corrected chi connectivity index (χ1v) is 6.27. The fraction of sp³-hybridized carbons (Fsp3) is 0.250. The van der Waals surface area contributed by atoms with Gasteiger partial charge in [0.05, 0.1) is 7.11 Å². The summed E-state index contributed by atoms with van der Waals surface area (Å²) in [6, 6.07) is 6.79. The lowest BCUT2D eigenvalue weighted by molar-refractivity contribution is 0.100. The minimum Gasteiger partial charge on any atom is -0.497 e. The number of hydrogen-bond acceptors (Lipinski definition) is 4. The van der Waals surface area contributed by atoms with Gasteiger partial charge in [0.15, 0.2) is 0 Å². The molecular weight excluding hydrogens is 250 g/mol. The molecular formula is C12H12N3O2S. The maximum atomic E-state index is 11.8. The number of methoxy groups -OCH3 is 1. The van der Waals surface area contributed by atoms with Crippen LogP contribution in [-0.2, 0) is 0 Å². The molecule has 0 unspecified atom stereocenters. The summed E-state index contributed by atoms with van der Waals surface area (Å²) in [5.74, 6) is 0.382. The fourth-order valence-electron chi connectivity index (χ4n) is 1.32. The molecule has 18 heavy (non-hydrogen) atoms. The van der Waals surface area contributed by atoms with E-state index in [9.17, 15) is 4.79 Å². The second-order valence-electron chi connectivity index (χ2n) is 3.48. The number of aliphatic imine (C=N–C) groups is 1. The molecule has 0 aliphatic carbocycles. The lowest BCUT2D eigenvalue weighted by Gasteiger charge is -2.00. The van der Waals surface area contributed by atoms with Crippen LogP contribution in [0.4, 0.5) is 0 Å². The smallest absolute Gasteiger partial charge is 0.279 e. The number of benzene rings is 1. The summed E-state index contributed by atoms with van der Waals surface area (Å²) in [6.45, 7) is 1.98. The largest absolute Gasteiger partial charge is 0.497 e. The van der Waals surface area contributed by atoms with E-state index in [4.69, 9.17) is 4.74 Å². The molecule has 93 valence electrons. The molecule has 1 heterocycles. The van der Waals surface area contributed by atoms with Crippen molar-refractivity contribution in [2.45, 2.75) is 13.3 Å². The standard InChI is InChI=1S/C12H12N3O2S/c1-3-10-14-15-12(18-10)13-11(16)8-4-6-9(17-2)7-5-8/h4-7H,3H2,1-2H3. The van der Waals surface area contributed by atoms with Gasteiger partial charge in [-0.05, 0) is 42.4 Å². The van der Waals surface area contributed by atoms with Gasteiger partial charge in [-0.1, -0.05) is 6.92 Å². The highest BCUT2D eigenvalue weighted by Gasteiger charge is 2.16. The van der Waals surface area contributed by atoms with Crippen molar-refractivity contribution in [2.75, 3.05) is 7.11 Å². The predicted octanol–water partition coefficient (Wildman–Crippen LogP) is 2.27. The van der Waals surface area contributed by atoms with Crippen molar-refractivity contribution in [2.24, 2.45) is 10.1 Å². The normalized spacial score (nSPS) is 16.3. The highest BCUT2D eigenvalue weighted by Crippen LogP contribution is 2.17. The van der Waals surface area contributed by atoms with Gasteiger partial charge in [0.1, 0.15) is 10.8 Å². The Morgan fingerprint density at radius 3 is 2.67 bits per heavy atom. The number of nitrogens with zero attached hydrogens (tertiary/aromatic N) is 3. The third-order valence-electron chi connectivity index (χ3n) is 2.29. The summed E-state index contributed by atoms with van der Waals surface area (Å²) in [4.78, 5) is 15.8. The van der Waals surface area contributed by atoms with Gasteiger partial charge < -0.3 is 4.74 Å². The molecule has 1 aliphatic heterocycles. The molecule has 5 nitrogen and oxygen atoms in total. The molecule has 0 saturated carbocycles. The summed E-state index contributed by atoms with van der Waals surface area (Å²) in [6.07, 6.45) is 0.796. The molecule has 1 radical (unpaired) electrons. The molecule has 2 rings (SSSR count). The Kier molecular flexibility index (Phi) is 3.99. The minimum atomic E-state index is -0.323. The first-order valence-electron chi connectivity index (χ1n) is 5.45.